The Labute approximate surface area is 125 Å². The molecule has 0 amide bonds. The van der Waals surface area contributed by atoms with Crippen molar-refractivity contribution in [3.63, 3.8) is 0 Å². The number of carbonyl (C=O) groups is 1. The fourth-order valence-electron chi connectivity index (χ4n) is 4.94. The van der Waals surface area contributed by atoms with Gasteiger partial charge in [-0.3, -0.25) is 9.69 Å². The second kappa shape index (κ2) is 5.16. The molecule has 1 saturated carbocycles. The fourth-order valence-corrected chi connectivity index (χ4v) is 4.94. The van der Waals surface area contributed by atoms with Crippen LogP contribution in [0.5, 0.6) is 0 Å². The highest BCUT2D eigenvalue weighted by molar-refractivity contribution is 5.74. The summed E-state index contributed by atoms with van der Waals surface area (Å²) < 4.78 is 5.60. The number of carboxylic acid groups (broad SMARTS) is 1. The highest BCUT2D eigenvalue weighted by Crippen LogP contribution is 2.47. The van der Waals surface area contributed by atoms with Crippen molar-refractivity contribution in [2.45, 2.75) is 69.5 Å². The number of nitrogens with zero attached hydrogens (tertiary/aromatic N) is 1. The number of rotatable bonds is 2. The van der Waals surface area contributed by atoms with Crippen LogP contribution >= 0.6 is 0 Å². The van der Waals surface area contributed by atoms with Crippen LogP contribution in [0.1, 0.15) is 62.3 Å². The molecule has 1 N–H and O–H groups in total. The van der Waals surface area contributed by atoms with E-state index in [0.717, 1.165) is 37.9 Å². The predicted molar refractivity (Wildman–Crippen MR) is 78.0 cm³/mol. The van der Waals surface area contributed by atoms with Crippen molar-refractivity contribution in [3.8, 4) is 0 Å². The van der Waals surface area contributed by atoms with E-state index in [0.29, 0.717) is 12.0 Å². The molecule has 2 fully saturated rings. The van der Waals surface area contributed by atoms with Gasteiger partial charge in [-0.25, -0.2) is 0 Å². The fraction of sp³-hybridized carbons (Fsp3) is 0.706. The van der Waals surface area contributed by atoms with Crippen LogP contribution in [0.25, 0.3) is 0 Å². The first-order valence-electron chi connectivity index (χ1n) is 8.32. The Balaban J connectivity index is 1.70. The molecule has 4 nitrogen and oxygen atoms in total. The van der Waals surface area contributed by atoms with Gasteiger partial charge in [-0.05, 0) is 44.1 Å². The zero-order valence-electron chi connectivity index (χ0n) is 12.3. The largest absolute Gasteiger partial charge is 0.480 e. The van der Waals surface area contributed by atoms with Crippen LogP contribution in [0.4, 0.5) is 0 Å². The number of hydrogen-bond acceptors (Lipinski definition) is 3. The zero-order chi connectivity index (χ0) is 14.4. The Bertz CT molecular complexity index is 538. The molecule has 0 bridgehead atoms. The summed E-state index contributed by atoms with van der Waals surface area (Å²) in [6, 6.07) is 2.48. The number of fused-ring (bicyclic) bond motifs is 2. The molecule has 1 aliphatic heterocycles. The molecule has 4 atom stereocenters. The summed E-state index contributed by atoms with van der Waals surface area (Å²) in [6.07, 6.45) is 10.7. The first kappa shape index (κ1) is 13.4. The van der Waals surface area contributed by atoms with Gasteiger partial charge < -0.3 is 9.52 Å². The number of likely N-dealkylation sites (tertiary alicyclic amines) is 1. The van der Waals surface area contributed by atoms with Crippen molar-refractivity contribution >= 4 is 5.97 Å². The number of hydrogen-bond donors (Lipinski definition) is 1. The second-order valence-electron chi connectivity index (χ2n) is 6.86. The van der Waals surface area contributed by atoms with E-state index in [2.05, 4.69) is 11.0 Å². The molecule has 0 radical (unpaired) electrons. The molecule has 2 heterocycles. The third-order valence-electron chi connectivity index (χ3n) is 5.80. The molecule has 1 aromatic heterocycles. The lowest BCUT2D eigenvalue weighted by atomic mass is 9.83. The van der Waals surface area contributed by atoms with Crippen LogP contribution in [-0.4, -0.2) is 28.1 Å². The van der Waals surface area contributed by atoms with Crippen molar-refractivity contribution in [1.29, 1.82) is 0 Å². The third-order valence-corrected chi connectivity index (χ3v) is 5.80. The lowest BCUT2D eigenvalue weighted by Crippen LogP contribution is -2.45. The lowest BCUT2D eigenvalue weighted by Gasteiger charge is -2.40. The average Bonchev–Trinajstić information content (AvgIpc) is 3.11. The molecule has 21 heavy (non-hydrogen) atoms. The summed E-state index contributed by atoms with van der Waals surface area (Å²) >= 11 is 0. The topological polar surface area (TPSA) is 53.7 Å². The summed E-state index contributed by atoms with van der Waals surface area (Å²) in [6.45, 7) is 0. The minimum atomic E-state index is -0.639. The van der Waals surface area contributed by atoms with E-state index in [9.17, 15) is 9.90 Å². The van der Waals surface area contributed by atoms with Gasteiger partial charge in [0.15, 0.2) is 0 Å². The van der Waals surface area contributed by atoms with Gasteiger partial charge in [0.2, 0.25) is 0 Å². The molecule has 2 aliphatic carbocycles. The van der Waals surface area contributed by atoms with Crippen molar-refractivity contribution in [2.75, 3.05) is 0 Å². The SMILES string of the molecule is O=C(O)C1CC2CCCCC2N1C1CCCc2occc21. The quantitative estimate of drug-likeness (QED) is 0.907. The van der Waals surface area contributed by atoms with Gasteiger partial charge in [-0.1, -0.05) is 12.8 Å². The summed E-state index contributed by atoms with van der Waals surface area (Å²) in [5, 5.41) is 9.69. The Morgan fingerprint density at radius 2 is 2.10 bits per heavy atom. The van der Waals surface area contributed by atoms with Crippen LogP contribution < -0.4 is 0 Å². The molecule has 0 spiro atoms. The van der Waals surface area contributed by atoms with Gasteiger partial charge in [-0.2, -0.15) is 0 Å². The van der Waals surface area contributed by atoms with Crippen LogP contribution in [0.3, 0.4) is 0 Å². The maximum Gasteiger partial charge on any atom is 0.320 e. The van der Waals surface area contributed by atoms with Crippen molar-refractivity contribution in [3.05, 3.63) is 23.7 Å². The Hall–Kier alpha value is -1.29. The minimum Gasteiger partial charge on any atom is -0.480 e. The van der Waals surface area contributed by atoms with E-state index in [1.54, 1.807) is 6.26 Å². The summed E-state index contributed by atoms with van der Waals surface area (Å²) in [5.74, 6) is 1.02. The molecule has 4 heteroatoms. The van der Waals surface area contributed by atoms with E-state index < -0.39 is 5.97 Å². The van der Waals surface area contributed by atoms with E-state index in [4.69, 9.17) is 4.42 Å². The summed E-state index contributed by atoms with van der Waals surface area (Å²) in [5.41, 5.74) is 1.25. The standard InChI is InChI=1S/C17H23NO3/c19-17(20)15-10-11-4-1-2-5-13(11)18(15)14-6-3-7-16-12(14)8-9-21-16/h8-9,11,13-15H,1-7,10H2,(H,19,20). The van der Waals surface area contributed by atoms with E-state index in [1.165, 1.54) is 24.8 Å². The molecule has 1 aromatic rings. The van der Waals surface area contributed by atoms with Crippen molar-refractivity contribution < 1.29 is 14.3 Å². The number of furan rings is 1. The molecule has 4 unspecified atom stereocenters. The second-order valence-corrected chi connectivity index (χ2v) is 6.86. The predicted octanol–water partition coefficient (Wildman–Crippen LogP) is 3.37. The Kier molecular flexibility index (Phi) is 3.29. The maximum absolute atomic E-state index is 11.8. The molecule has 114 valence electrons. The van der Waals surface area contributed by atoms with E-state index in [1.807, 2.05) is 0 Å². The van der Waals surface area contributed by atoms with Gasteiger partial charge >= 0.3 is 5.97 Å². The molecular formula is C17H23NO3. The third kappa shape index (κ3) is 2.11. The zero-order valence-corrected chi connectivity index (χ0v) is 12.3. The highest BCUT2D eigenvalue weighted by atomic mass is 16.4. The van der Waals surface area contributed by atoms with Crippen molar-refractivity contribution in [1.82, 2.24) is 4.90 Å². The average molecular weight is 289 g/mol. The summed E-state index contributed by atoms with van der Waals surface area (Å²) in [4.78, 5) is 14.1. The van der Waals surface area contributed by atoms with Crippen LogP contribution in [0.15, 0.2) is 16.7 Å². The molecular weight excluding hydrogens is 266 g/mol. The van der Waals surface area contributed by atoms with Gasteiger partial charge in [0.05, 0.1) is 6.26 Å². The minimum absolute atomic E-state index is 0.252. The van der Waals surface area contributed by atoms with Crippen LogP contribution in [0, 0.1) is 5.92 Å². The molecule has 3 aliphatic rings. The maximum atomic E-state index is 11.8. The van der Waals surface area contributed by atoms with Crippen LogP contribution in [0.2, 0.25) is 0 Å². The monoisotopic (exact) mass is 289 g/mol. The Morgan fingerprint density at radius 3 is 2.95 bits per heavy atom. The van der Waals surface area contributed by atoms with E-state index >= 15 is 0 Å². The molecule has 4 rings (SSSR count). The van der Waals surface area contributed by atoms with E-state index in [-0.39, 0.29) is 12.1 Å². The molecule has 1 saturated heterocycles. The first-order chi connectivity index (χ1) is 10.3. The van der Waals surface area contributed by atoms with Gasteiger partial charge in [-0.15, -0.1) is 0 Å². The van der Waals surface area contributed by atoms with Gasteiger partial charge in [0.1, 0.15) is 11.8 Å². The first-order valence-corrected chi connectivity index (χ1v) is 8.32. The smallest absolute Gasteiger partial charge is 0.320 e. The number of carboxylic acids is 1. The lowest BCUT2D eigenvalue weighted by molar-refractivity contribution is -0.144. The summed E-state index contributed by atoms with van der Waals surface area (Å²) in [7, 11) is 0. The normalized spacial score (nSPS) is 36.2. The molecule has 0 aromatic carbocycles. The highest BCUT2D eigenvalue weighted by Gasteiger charge is 2.49. The Morgan fingerprint density at radius 1 is 1.24 bits per heavy atom. The van der Waals surface area contributed by atoms with Gasteiger partial charge in [0.25, 0.3) is 0 Å². The van der Waals surface area contributed by atoms with Crippen LogP contribution in [-0.2, 0) is 11.2 Å². The van der Waals surface area contributed by atoms with Crippen molar-refractivity contribution in [2.24, 2.45) is 5.92 Å². The number of aliphatic carboxylic acids is 1. The van der Waals surface area contributed by atoms with Gasteiger partial charge in [0, 0.05) is 24.1 Å². The number of aryl methyl sites for hydroxylation is 1.